The van der Waals surface area contributed by atoms with Crippen molar-refractivity contribution in [1.29, 1.82) is 0 Å². The molecule has 6 nitrogen and oxygen atoms in total. The molecular formula is C18H36N4O2. The second-order valence-corrected chi connectivity index (χ2v) is 6.82. The zero-order valence-electron chi connectivity index (χ0n) is 15.8. The summed E-state index contributed by atoms with van der Waals surface area (Å²) in [5, 5.41) is 3.47. The van der Waals surface area contributed by atoms with Crippen LogP contribution in [0.25, 0.3) is 0 Å². The molecule has 0 aromatic carbocycles. The lowest BCUT2D eigenvalue weighted by atomic mass is 10.1. The minimum atomic E-state index is 0.392. The van der Waals surface area contributed by atoms with Crippen LogP contribution < -0.4 is 5.32 Å². The highest BCUT2D eigenvalue weighted by Crippen LogP contribution is 2.17. The number of nitrogens with zero attached hydrogens (tertiary/aromatic N) is 3. The number of likely N-dealkylation sites (N-methyl/N-ethyl adjacent to an activating group) is 2. The molecule has 6 heteroatoms. The lowest BCUT2D eigenvalue weighted by Crippen LogP contribution is -2.46. The lowest BCUT2D eigenvalue weighted by Gasteiger charge is -2.29. The molecule has 0 aliphatic carbocycles. The van der Waals surface area contributed by atoms with Crippen LogP contribution in [0, 0.1) is 0 Å². The number of ether oxygens (including phenoxy) is 2. The standard InChI is InChI=1S/C18H36N4O2/c1-4-22-11-5-7-16(22)15-21(3)18(19-2)20-10-6-12-24-17-8-13-23-14-9-17/h16-17H,4-15H2,1-3H3,(H,19,20). The van der Waals surface area contributed by atoms with Crippen LogP contribution >= 0.6 is 0 Å². The van der Waals surface area contributed by atoms with Gasteiger partial charge in [0, 0.05) is 53.0 Å². The van der Waals surface area contributed by atoms with Gasteiger partial charge in [-0.25, -0.2) is 0 Å². The summed E-state index contributed by atoms with van der Waals surface area (Å²) in [4.78, 5) is 9.26. The molecule has 0 radical (unpaired) electrons. The van der Waals surface area contributed by atoms with E-state index < -0.39 is 0 Å². The molecule has 1 N–H and O–H groups in total. The van der Waals surface area contributed by atoms with Gasteiger partial charge in [-0.1, -0.05) is 6.92 Å². The monoisotopic (exact) mass is 340 g/mol. The van der Waals surface area contributed by atoms with Crippen molar-refractivity contribution < 1.29 is 9.47 Å². The van der Waals surface area contributed by atoms with Gasteiger partial charge in [-0.15, -0.1) is 0 Å². The van der Waals surface area contributed by atoms with Gasteiger partial charge in [0.25, 0.3) is 0 Å². The summed E-state index contributed by atoms with van der Waals surface area (Å²) in [5.74, 6) is 0.990. The zero-order valence-corrected chi connectivity index (χ0v) is 15.8. The summed E-state index contributed by atoms with van der Waals surface area (Å²) in [6.07, 6.45) is 6.09. The van der Waals surface area contributed by atoms with Crippen LogP contribution in [0.5, 0.6) is 0 Å². The maximum Gasteiger partial charge on any atom is 0.193 e. The van der Waals surface area contributed by atoms with Crippen LogP contribution in [0.3, 0.4) is 0 Å². The quantitative estimate of drug-likeness (QED) is 0.413. The van der Waals surface area contributed by atoms with E-state index in [-0.39, 0.29) is 0 Å². The van der Waals surface area contributed by atoms with Gasteiger partial charge >= 0.3 is 0 Å². The Bertz CT molecular complexity index is 372. The van der Waals surface area contributed by atoms with Crippen molar-refractivity contribution in [1.82, 2.24) is 15.1 Å². The number of guanidine groups is 1. The van der Waals surface area contributed by atoms with Gasteiger partial charge in [0.05, 0.1) is 6.10 Å². The van der Waals surface area contributed by atoms with Crippen molar-refractivity contribution >= 4 is 5.96 Å². The van der Waals surface area contributed by atoms with E-state index >= 15 is 0 Å². The molecule has 1 atom stereocenters. The highest BCUT2D eigenvalue weighted by Gasteiger charge is 2.24. The summed E-state index contributed by atoms with van der Waals surface area (Å²) in [7, 11) is 4.00. The minimum absolute atomic E-state index is 0.392. The van der Waals surface area contributed by atoms with Crippen molar-refractivity contribution in [2.75, 3.05) is 60.1 Å². The Labute approximate surface area is 147 Å². The second kappa shape index (κ2) is 10.9. The van der Waals surface area contributed by atoms with E-state index in [0.29, 0.717) is 12.1 Å². The Morgan fingerprint density at radius 3 is 2.83 bits per heavy atom. The fourth-order valence-electron chi connectivity index (χ4n) is 3.67. The first kappa shape index (κ1) is 19.5. The highest BCUT2D eigenvalue weighted by molar-refractivity contribution is 5.79. The van der Waals surface area contributed by atoms with E-state index in [0.717, 1.165) is 64.7 Å². The molecule has 0 aromatic rings. The van der Waals surface area contributed by atoms with Crippen LogP contribution in [-0.2, 0) is 9.47 Å². The van der Waals surface area contributed by atoms with Crippen LogP contribution in [0.4, 0.5) is 0 Å². The average Bonchev–Trinajstić information content (AvgIpc) is 3.06. The summed E-state index contributed by atoms with van der Waals surface area (Å²) in [6, 6.07) is 0.662. The summed E-state index contributed by atoms with van der Waals surface area (Å²) < 4.78 is 11.3. The van der Waals surface area contributed by atoms with E-state index in [2.05, 4.69) is 34.1 Å². The van der Waals surface area contributed by atoms with E-state index in [4.69, 9.17) is 9.47 Å². The molecule has 2 heterocycles. The zero-order chi connectivity index (χ0) is 17.2. The van der Waals surface area contributed by atoms with Gasteiger partial charge in [0.1, 0.15) is 0 Å². The molecule has 0 saturated carbocycles. The Morgan fingerprint density at radius 2 is 2.12 bits per heavy atom. The molecule has 140 valence electrons. The van der Waals surface area contributed by atoms with Crippen molar-refractivity contribution in [3.05, 3.63) is 0 Å². The summed E-state index contributed by atoms with van der Waals surface area (Å²) >= 11 is 0. The van der Waals surface area contributed by atoms with E-state index in [9.17, 15) is 0 Å². The van der Waals surface area contributed by atoms with Crippen LogP contribution in [0.1, 0.15) is 39.0 Å². The molecule has 2 aliphatic rings. The number of hydrogen-bond donors (Lipinski definition) is 1. The van der Waals surface area contributed by atoms with Gasteiger partial charge in [-0.2, -0.15) is 0 Å². The first-order valence-corrected chi connectivity index (χ1v) is 9.59. The predicted octanol–water partition coefficient (Wildman–Crippen LogP) is 1.56. The number of nitrogens with one attached hydrogen (secondary N) is 1. The average molecular weight is 341 g/mol. The fourth-order valence-corrected chi connectivity index (χ4v) is 3.67. The predicted molar refractivity (Wildman–Crippen MR) is 98.7 cm³/mol. The Hall–Kier alpha value is -0.850. The van der Waals surface area contributed by atoms with E-state index in [1.165, 1.54) is 19.4 Å². The van der Waals surface area contributed by atoms with Gasteiger partial charge in [0.2, 0.25) is 0 Å². The molecule has 0 spiro atoms. The van der Waals surface area contributed by atoms with E-state index in [1.807, 2.05) is 7.05 Å². The first-order chi connectivity index (χ1) is 11.7. The smallest absolute Gasteiger partial charge is 0.193 e. The van der Waals surface area contributed by atoms with E-state index in [1.54, 1.807) is 0 Å². The molecule has 0 amide bonds. The highest BCUT2D eigenvalue weighted by atomic mass is 16.5. The Balaban J connectivity index is 1.60. The van der Waals surface area contributed by atoms with Crippen molar-refractivity contribution in [2.45, 2.75) is 51.2 Å². The lowest BCUT2D eigenvalue weighted by molar-refractivity contribution is -0.0320. The normalized spacial score (nSPS) is 23.6. The first-order valence-electron chi connectivity index (χ1n) is 9.59. The van der Waals surface area contributed by atoms with Gasteiger partial charge in [-0.3, -0.25) is 9.89 Å². The SMILES string of the molecule is CCN1CCCC1CN(C)C(=NC)NCCCOC1CCOCC1. The fraction of sp³-hybridized carbons (Fsp3) is 0.944. The van der Waals surface area contributed by atoms with Crippen LogP contribution in [0.15, 0.2) is 4.99 Å². The summed E-state index contributed by atoms with van der Waals surface area (Å²) in [5.41, 5.74) is 0. The second-order valence-electron chi connectivity index (χ2n) is 6.82. The number of rotatable bonds is 8. The maximum absolute atomic E-state index is 5.91. The van der Waals surface area contributed by atoms with Gasteiger partial charge in [-0.05, 0) is 45.2 Å². The van der Waals surface area contributed by atoms with Crippen LogP contribution in [0.2, 0.25) is 0 Å². The molecule has 1 unspecified atom stereocenters. The Morgan fingerprint density at radius 1 is 1.33 bits per heavy atom. The molecule has 2 saturated heterocycles. The molecule has 0 bridgehead atoms. The maximum atomic E-state index is 5.91. The Kier molecular flexibility index (Phi) is 8.84. The number of hydrogen-bond acceptors (Lipinski definition) is 4. The largest absolute Gasteiger partial charge is 0.381 e. The van der Waals surface area contributed by atoms with Gasteiger partial charge in [0.15, 0.2) is 5.96 Å². The number of likely N-dealkylation sites (tertiary alicyclic amines) is 1. The third-order valence-corrected chi connectivity index (χ3v) is 5.09. The molecule has 2 fully saturated rings. The third kappa shape index (κ3) is 6.22. The molecule has 2 rings (SSSR count). The van der Waals surface area contributed by atoms with Crippen molar-refractivity contribution in [3.63, 3.8) is 0 Å². The third-order valence-electron chi connectivity index (χ3n) is 5.09. The molecular weight excluding hydrogens is 304 g/mol. The minimum Gasteiger partial charge on any atom is -0.381 e. The molecule has 2 aliphatic heterocycles. The topological polar surface area (TPSA) is 49.3 Å². The van der Waals surface area contributed by atoms with Crippen LogP contribution in [-0.4, -0.2) is 88.0 Å². The summed E-state index contributed by atoms with van der Waals surface area (Å²) in [6.45, 7) is 9.09. The number of aliphatic imine (C=N–C) groups is 1. The van der Waals surface area contributed by atoms with Gasteiger partial charge < -0.3 is 19.7 Å². The van der Waals surface area contributed by atoms with Crippen molar-refractivity contribution in [2.24, 2.45) is 4.99 Å². The van der Waals surface area contributed by atoms with Crippen molar-refractivity contribution in [3.8, 4) is 0 Å². The molecule has 0 aromatic heterocycles. The molecule has 24 heavy (non-hydrogen) atoms.